The quantitative estimate of drug-likeness (QED) is 0.844. The van der Waals surface area contributed by atoms with E-state index in [1.54, 1.807) is 26.0 Å². The standard InChI is InChI=1S/C13H16O4/c1-13(2)16-8-10(14)12(17-13)11(15)9-6-4-3-5-7-9/h3-7,11-12,15H,8H2,1-2H3/t11-,12+/m0/s1. The zero-order chi connectivity index (χ0) is 12.5. The second-order valence-electron chi connectivity index (χ2n) is 4.55. The molecule has 0 amide bonds. The average molecular weight is 236 g/mol. The zero-order valence-electron chi connectivity index (χ0n) is 9.92. The first-order chi connectivity index (χ1) is 7.99. The van der Waals surface area contributed by atoms with Crippen LogP contribution in [0, 0.1) is 0 Å². The molecule has 0 aliphatic carbocycles. The van der Waals surface area contributed by atoms with Crippen LogP contribution in [0.2, 0.25) is 0 Å². The van der Waals surface area contributed by atoms with Crippen LogP contribution in [-0.4, -0.2) is 29.4 Å². The van der Waals surface area contributed by atoms with Crippen molar-refractivity contribution in [1.29, 1.82) is 0 Å². The van der Waals surface area contributed by atoms with Crippen molar-refractivity contribution in [2.24, 2.45) is 0 Å². The first-order valence-electron chi connectivity index (χ1n) is 5.57. The fraction of sp³-hybridized carbons (Fsp3) is 0.462. The van der Waals surface area contributed by atoms with Crippen LogP contribution in [0.1, 0.15) is 25.5 Å². The van der Waals surface area contributed by atoms with Crippen LogP contribution in [0.4, 0.5) is 0 Å². The molecule has 0 radical (unpaired) electrons. The molecule has 1 aromatic carbocycles. The summed E-state index contributed by atoms with van der Waals surface area (Å²) in [4.78, 5) is 11.7. The van der Waals surface area contributed by atoms with Gasteiger partial charge in [-0.05, 0) is 19.4 Å². The lowest BCUT2D eigenvalue weighted by molar-refractivity contribution is -0.271. The molecule has 4 nitrogen and oxygen atoms in total. The maximum atomic E-state index is 11.7. The van der Waals surface area contributed by atoms with Gasteiger partial charge in [0.25, 0.3) is 0 Å². The Balaban J connectivity index is 2.18. The first kappa shape index (κ1) is 12.2. The highest BCUT2D eigenvalue weighted by atomic mass is 16.7. The highest BCUT2D eigenvalue weighted by Crippen LogP contribution is 2.28. The molecule has 0 aromatic heterocycles. The van der Waals surface area contributed by atoms with Gasteiger partial charge in [0.05, 0.1) is 0 Å². The number of hydrogen-bond acceptors (Lipinski definition) is 4. The van der Waals surface area contributed by atoms with Crippen molar-refractivity contribution in [2.75, 3.05) is 6.61 Å². The van der Waals surface area contributed by atoms with E-state index in [9.17, 15) is 9.90 Å². The maximum absolute atomic E-state index is 11.7. The Morgan fingerprint density at radius 3 is 2.65 bits per heavy atom. The van der Waals surface area contributed by atoms with E-state index in [-0.39, 0.29) is 12.4 Å². The molecule has 0 bridgehead atoms. The Morgan fingerprint density at radius 1 is 1.35 bits per heavy atom. The van der Waals surface area contributed by atoms with Gasteiger partial charge in [-0.15, -0.1) is 0 Å². The van der Waals surface area contributed by atoms with Crippen molar-refractivity contribution in [1.82, 2.24) is 0 Å². The smallest absolute Gasteiger partial charge is 0.190 e. The summed E-state index contributed by atoms with van der Waals surface area (Å²) in [5, 5.41) is 10.1. The molecule has 4 heteroatoms. The SMILES string of the molecule is CC1(C)OCC(=O)[C@H]([C@@H](O)c2ccccc2)O1. The molecule has 1 heterocycles. The highest BCUT2D eigenvalue weighted by Gasteiger charge is 2.39. The zero-order valence-corrected chi connectivity index (χ0v) is 9.92. The van der Waals surface area contributed by atoms with Crippen molar-refractivity contribution in [3.05, 3.63) is 35.9 Å². The minimum Gasteiger partial charge on any atom is -0.385 e. The van der Waals surface area contributed by atoms with E-state index in [0.717, 1.165) is 0 Å². The predicted octanol–water partition coefficient (Wildman–Crippen LogP) is 1.44. The van der Waals surface area contributed by atoms with Crippen LogP contribution in [0.15, 0.2) is 30.3 Å². The molecule has 2 rings (SSSR count). The molecular formula is C13H16O4. The van der Waals surface area contributed by atoms with Gasteiger partial charge in [0, 0.05) is 0 Å². The molecule has 17 heavy (non-hydrogen) atoms. The molecule has 0 saturated carbocycles. The molecule has 1 saturated heterocycles. The fourth-order valence-corrected chi connectivity index (χ4v) is 1.80. The second kappa shape index (κ2) is 4.56. The highest BCUT2D eigenvalue weighted by molar-refractivity contribution is 5.85. The number of carbonyl (C=O) groups excluding carboxylic acids is 1. The predicted molar refractivity (Wildman–Crippen MR) is 61.3 cm³/mol. The van der Waals surface area contributed by atoms with Gasteiger partial charge in [-0.2, -0.15) is 0 Å². The van der Waals surface area contributed by atoms with Crippen molar-refractivity contribution in [3.63, 3.8) is 0 Å². The van der Waals surface area contributed by atoms with Crippen molar-refractivity contribution in [3.8, 4) is 0 Å². The summed E-state index contributed by atoms with van der Waals surface area (Å²) in [6.45, 7) is 3.43. The van der Waals surface area contributed by atoms with Gasteiger partial charge in [0.2, 0.25) is 0 Å². The van der Waals surface area contributed by atoms with Gasteiger partial charge in [-0.25, -0.2) is 0 Å². The largest absolute Gasteiger partial charge is 0.385 e. The number of carbonyl (C=O) groups is 1. The van der Waals surface area contributed by atoms with E-state index in [0.29, 0.717) is 5.56 Å². The van der Waals surface area contributed by atoms with Crippen LogP contribution in [0.3, 0.4) is 0 Å². The van der Waals surface area contributed by atoms with E-state index in [2.05, 4.69) is 0 Å². The van der Waals surface area contributed by atoms with Gasteiger partial charge in [-0.3, -0.25) is 4.79 Å². The molecule has 92 valence electrons. The third kappa shape index (κ3) is 2.72. The van der Waals surface area contributed by atoms with Crippen molar-refractivity contribution in [2.45, 2.75) is 31.8 Å². The Hall–Kier alpha value is -1.23. The third-order valence-electron chi connectivity index (χ3n) is 2.72. The lowest BCUT2D eigenvalue weighted by Gasteiger charge is -2.36. The van der Waals surface area contributed by atoms with Crippen LogP contribution in [0.25, 0.3) is 0 Å². The molecule has 0 unspecified atom stereocenters. The van der Waals surface area contributed by atoms with Crippen LogP contribution in [0.5, 0.6) is 0 Å². The number of aliphatic hydroxyl groups excluding tert-OH is 1. The number of aliphatic hydroxyl groups is 1. The summed E-state index contributed by atoms with van der Waals surface area (Å²) in [6.07, 6.45) is -1.81. The Bertz CT molecular complexity index is 399. The van der Waals surface area contributed by atoms with Gasteiger partial charge < -0.3 is 14.6 Å². The number of ketones is 1. The maximum Gasteiger partial charge on any atom is 0.190 e. The molecular weight excluding hydrogens is 220 g/mol. The number of Topliss-reactive ketones (excluding diaryl/α,β-unsaturated/α-hetero) is 1. The third-order valence-corrected chi connectivity index (χ3v) is 2.72. The number of hydrogen-bond donors (Lipinski definition) is 1. The number of ether oxygens (including phenoxy) is 2. The first-order valence-corrected chi connectivity index (χ1v) is 5.57. The molecule has 1 N–H and O–H groups in total. The van der Waals surface area contributed by atoms with Crippen LogP contribution in [-0.2, 0) is 14.3 Å². The van der Waals surface area contributed by atoms with E-state index >= 15 is 0 Å². The van der Waals surface area contributed by atoms with E-state index in [4.69, 9.17) is 9.47 Å². The summed E-state index contributed by atoms with van der Waals surface area (Å²) in [7, 11) is 0. The average Bonchev–Trinajstić information content (AvgIpc) is 2.33. The summed E-state index contributed by atoms with van der Waals surface area (Å²) in [5.74, 6) is -1.07. The topological polar surface area (TPSA) is 55.8 Å². The molecule has 2 atom stereocenters. The van der Waals surface area contributed by atoms with Gasteiger partial charge in [0.1, 0.15) is 12.7 Å². The van der Waals surface area contributed by atoms with E-state index in [1.807, 2.05) is 18.2 Å². The number of rotatable bonds is 2. The summed E-state index contributed by atoms with van der Waals surface area (Å²) in [5.41, 5.74) is 0.670. The minimum atomic E-state index is -0.952. The van der Waals surface area contributed by atoms with Gasteiger partial charge in [0.15, 0.2) is 17.7 Å². The Morgan fingerprint density at radius 2 is 2.00 bits per heavy atom. The summed E-state index contributed by atoms with van der Waals surface area (Å²) in [6, 6.07) is 9.02. The lowest BCUT2D eigenvalue weighted by atomic mass is 10.0. The van der Waals surface area contributed by atoms with Crippen molar-refractivity contribution >= 4 is 5.78 Å². The molecule has 1 aliphatic rings. The molecule has 1 aromatic rings. The lowest BCUT2D eigenvalue weighted by Crippen LogP contribution is -2.48. The minimum absolute atomic E-state index is 0.0262. The van der Waals surface area contributed by atoms with Crippen LogP contribution >= 0.6 is 0 Å². The normalized spacial score (nSPS) is 25.6. The van der Waals surface area contributed by atoms with E-state index < -0.39 is 18.0 Å². The van der Waals surface area contributed by atoms with E-state index in [1.165, 1.54) is 0 Å². The van der Waals surface area contributed by atoms with Gasteiger partial charge >= 0.3 is 0 Å². The van der Waals surface area contributed by atoms with Gasteiger partial charge in [-0.1, -0.05) is 30.3 Å². The van der Waals surface area contributed by atoms with Crippen LogP contribution < -0.4 is 0 Å². The van der Waals surface area contributed by atoms with Crippen molar-refractivity contribution < 1.29 is 19.4 Å². The summed E-state index contributed by atoms with van der Waals surface area (Å²) < 4.78 is 10.7. The second-order valence-corrected chi connectivity index (χ2v) is 4.55. The Kier molecular flexibility index (Phi) is 3.28. The summed E-state index contributed by atoms with van der Waals surface area (Å²) >= 11 is 0. The molecule has 0 spiro atoms. The fourth-order valence-electron chi connectivity index (χ4n) is 1.80. The number of benzene rings is 1. The Labute approximate surface area is 100 Å². The molecule has 1 aliphatic heterocycles. The monoisotopic (exact) mass is 236 g/mol. The molecule has 1 fully saturated rings.